The molecule has 0 bridgehead atoms. The number of nitrogens with zero attached hydrogens (tertiary/aromatic N) is 1. The van der Waals surface area contributed by atoms with E-state index in [1.54, 1.807) is 24.3 Å². The number of ether oxygens (including phenoxy) is 1. The molecule has 2 N–H and O–H groups in total. The van der Waals surface area contributed by atoms with E-state index in [2.05, 4.69) is 34.9 Å². The third kappa shape index (κ3) is 6.33. The normalized spacial score (nSPS) is 15.3. The maximum Gasteiger partial charge on any atom is 0.251 e. The Hall–Kier alpha value is -3.97. The molecule has 7 heteroatoms. The first-order chi connectivity index (χ1) is 17.0. The Morgan fingerprint density at radius 1 is 0.943 bits per heavy atom. The van der Waals surface area contributed by atoms with Crippen molar-refractivity contribution in [3.63, 3.8) is 0 Å². The Balaban J connectivity index is 0.000000411. The molecule has 1 unspecified atom stereocenters. The van der Waals surface area contributed by atoms with E-state index in [-0.39, 0.29) is 24.1 Å². The Morgan fingerprint density at radius 3 is 2.17 bits per heavy atom. The molecule has 2 amide bonds. The second-order valence-electron chi connectivity index (χ2n) is 8.48. The van der Waals surface area contributed by atoms with Crippen LogP contribution in [-0.4, -0.2) is 54.7 Å². The van der Waals surface area contributed by atoms with E-state index in [1.165, 1.54) is 23.0 Å². The largest absolute Gasteiger partial charge is 0.489 e. The number of hydrogen-bond donors (Lipinski definition) is 2. The van der Waals surface area contributed by atoms with Gasteiger partial charge in [-0.05, 0) is 47.9 Å². The van der Waals surface area contributed by atoms with Gasteiger partial charge >= 0.3 is 0 Å². The van der Waals surface area contributed by atoms with Crippen LogP contribution in [0.4, 0.5) is 0 Å². The molecule has 1 fully saturated rings. The first-order valence-electron chi connectivity index (χ1n) is 11.7. The number of fused-ring (bicyclic) bond motifs is 1. The minimum Gasteiger partial charge on any atom is -0.489 e. The van der Waals surface area contributed by atoms with Gasteiger partial charge in [0.05, 0.1) is 6.54 Å². The SMILES string of the molecule is CC(=O)C1CNCCN1C(=O)CNC(=O)c1ccc(OCc2ccccc2)cc1.c1cc2ccc1-2. The van der Waals surface area contributed by atoms with E-state index in [9.17, 15) is 14.4 Å². The van der Waals surface area contributed by atoms with Crippen molar-refractivity contribution >= 4 is 17.6 Å². The summed E-state index contributed by atoms with van der Waals surface area (Å²) >= 11 is 0. The summed E-state index contributed by atoms with van der Waals surface area (Å²) in [6.07, 6.45) is 0. The standard InChI is InChI=1S/C22H25N3O4.C6H4/c1-16(26)20-13-23-11-12-25(20)21(27)14-24-22(28)18-7-9-19(10-8-18)29-15-17-5-3-2-4-6-17;1-2-6-4-3-5(1)6/h2-10,20,23H,11-15H2,1H3,(H,24,28);1-4H. The first-order valence-corrected chi connectivity index (χ1v) is 11.7. The lowest BCUT2D eigenvalue weighted by molar-refractivity contribution is -0.139. The predicted molar refractivity (Wildman–Crippen MR) is 134 cm³/mol. The van der Waals surface area contributed by atoms with Crippen LogP contribution in [0.5, 0.6) is 5.75 Å². The van der Waals surface area contributed by atoms with Crippen molar-refractivity contribution in [1.29, 1.82) is 0 Å². The summed E-state index contributed by atoms with van der Waals surface area (Å²) in [7, 11) is 0. The molecule has 2 aliphatic carbocycles. The van der Waals surface area contributed by atoms with Crippen molar-refractivity contribution in [1.82, 2.24) is 15.5 Å². The van der Waals surface area contributed by atoms with Crippen LogP contribution in [0.2, 0.25) is 0 Å². The molecule has 0 radical (unpaired) electrons. The van der Waals surface area contributed by atoms with Crippen LogP contribution in [0.3, 0.4) is 0 Å². The molecule has 3 aliphatic rings. The second kappa shape index (κ2) is 11.4. The van der Waals surface area contributed by atoms with Gasteiger partial charge in [-0.1, -0.05) is 54.6 Å². The lowest BCUT2D eigenvalue weighted by Crippen LogP contribution is -2.58. The average Bonchev–Trinajstić information content (AvgIpc) is 2.89. The Kier molecular flexibility index (Phi) is 7.90. The number of Topliss-reactive ketones (excluding diaryl/α,β-unsaturated/α-hetero) is 1. The Labute approximate surface area is 205 Å². The highest BCUT2D eigenvalue weighted by molar-refractivity contribution is 5.97. The fraction of sp³-hybridized carbons (Fsp3) is 0.250. The van der Waals surface area contributed by atoms with Crippen molar-refractivity contribution in [2.45, 2.75) is 19.6 Å². The summed E-state index contributed by atoms with van der Waals surface area (Å²) in [5.41, 5.74) is 4.35. The summed E-state index contributed by atoms with van der Waals surface area (Å²) in [5, 5.41) is 5.73. The van der Waals surface area contributed by atoms with Crippen molar-refractivity contribution in [2.75, 3.05) is 26.2 Å². The van der Waals surface area contributed by atoms with Crippen LogP contribution in [0.15, 0.2) is 78.9 Å². The van der Waals surface area contributed by atoms with E-state index in [0.29, 0.717) is 37.6 Å². The van der Waals surface area contributed by atoms with Gasteiger partial charge in [0.2, 0.25) is 5.91 Å². The summed E-state index contributed by atoms with van der Waals surface area (Å²) < 4.78 is 5.71. The van der Waals surface area contributed by atoms with E-state index in [1.807, 2.05) is 30.3 Å². The predicted octanol–water partition coefficient (Wildman–Crippen LogP) is 3.05. The lowest BCUT2D eigenvalue weighted by atomic mass is 9.95. The number of carbonyl (C=O) groups excluding carboxylic acids is 3. The van der Waals surface area contributed by atoms with Gasteiger partial charge in [0, 0.05) is 25.2 Å². The smallest absolute Gasteiger partial charge is 0.251 e. The maximum absolute atomic E-state index is 12.4. The fourth-order valence-electron chi connectivity index (χ4n) is 3.83. The average molecular weight is 472 g/mol. The van der Waals surface area contributed by atoms with E-state index < -0.39 is 6.04 Å². The summed E-state index contributed by atoms with van der Waals surface area (Å²) in [5.74, 6) is -0.0140. The number of nitrogens with one attached hydrogen (secondary N) is 2. The molecule has 0 aromatic heterocycles. The number of ketones is 1. The zero-order chi connectivity index (χ0) is 24.6. The van der Waals surface area contributed by atoms with Crippen LogP contribution in [0.25, 0.3) is 11.1 Å². The third-order valence-corrected chi connectivity index (χ3v) is 6.02. The Morgan fingerprint density at radius 2 is 1.60 bits per heavy atom. The van der Waals surface area contributed by atoms with Crippen LogP contribution in [0, 0.1) is 0 Å². The third-order valence-electron chi connectivity index (χ3n) is 6.02. The zero-order valence-electron chi connectivity index (χ0n) is 19.7. The van der Waals surface area contributed by atoms with Crippen molar-refractivity contribution in [2.24, 2.45) is 0 Å². The van der Waals surface area contributed by atoms with Crippen molar-refractivity contribution in [3.05, 3.63) is 90.0 Å². The van der Waals surface area contributed by atoms with Crippen LogP contribution in [0.1, 0.15) is 22.8 Å². The van der Waals surface area contributed by atoms with Gasteiger partial charge in [-0.2, -0.15) is 0 Å². The molecule has 35 heavy (non-hydrogen) atoms. The Bertz CT molecular complexity index is 1140. The quantitative estimate of drug-likeness (QED) is 0.433. The van der Waals surface area contributed by atoms with Gasteiger partial charge in [-0.25, -0.2) is 0 Å². The summed E-state index contributed by atoms with van der Waals surface area (Å²) in [6, 6.07) is 24.6. The molecule has 0 spiro atoms. The molecular formula is C28H29N3O4. The minimum atomic E-state index is -0.478. The number of hydrogen-bond acceptors (Lipinski definition) is 5. The molecule has 2 aromatic carbocycles. The molecule has 5 rings (SSSR count). The topological polar surface area (TPSA) is 87.7 Å². The lowest BCUT2D eigenvalue weighted by Gasteiger charge is -2.34. The van der Waals surface area contributed by atoms with Gasteiger partial charge in [-0.3, -0.25) is 14.4 Å². The fourth-order valence-corrected chi connectivity index (χ4v) is 3.83. The number of benzene rings is 3. The number of amides is 2. The van der Waals surface area contributed by atoms with Crippen molar-refractivity contribution in [3.8, 4) is 16.9 Å². The summed E-state index contributed by atoms with van der Waals surface area (Å²) in [6.45, 7) is 3.30. The molecule has 1 atom stereocenters. The van der Waals surface area contributed by atoms with Gasteiger partial charge < -0.3 is 20.3 Å². The highest BCUT2D eigenvalue weighted by Crippen LogP contribution is 2.29. The van der Waals surface area contributed by atoms with E-state index >= 15 is 0 Å². The molecular weight excluding hydrogens is 442 g/mol. The van der Waals surface area contributed by atoms with Crippen LogP contribution in [-0.2, 0) is 16.2 Å². The highest BCUT2D eigenvalue weighted by Gasteiger charge is 2.29. The molecule has 0 saturated carbocycles. The van der Waals surface area contributed by atoms with Gasteiger partial charge in [0.15, 0.2) is 5.78 Å². The zero-order valence-corrected chi connectivity index (χ0v) is 19.7. The molecule has 180 valence electrons. The molecule has 1 aliphatic heterocycles. The van der Waals surface area contributed by atoms with Gasteiger partial charge in [-0.15, -0.1) is 0 Å². The highest BCUT2D eigenvalue weighted by atomic mass is 16.5. The second-order valence-corrected chi connectivity index (χ2v) is 8.48. The van der Waals surface area contributed by atoms with Crippen LogP contribution < -0.4 is 15.4 Å². The first kappa shape index (κ1) is 24.2. The molecule has 2 aromatic rings. The molecule has 1 heterocycles. The number of carbonyl (C=O) groups is 3. The van der Waals surface area contributed by atoms with Gasteiger partial charge in [0.1, 0.15) is 18.4 Å². The molecule has 7 nitrogen and oxygen atoms in total. The monoisotopic (exact) mass is 471 g/mol. The van der Waals surface area contributed by atoms with Crippen molar-refractivity contribution < 1.29 is 19.1 Å². The van der Waals surface area contributed by atoms with E-state index in [0.717, 1.165) is 5.56 Å². The van der Waals surface area contributed by atoms with Gasteiger partial charge in [0.25, 0.3) is 5.91 Å². The van der Waals surface area contributed by atoms with Crippen LogP contribution >= 0.6 is 0 Å². The maximum atomic E-state index is 12.4. The minimum absolute atomic E-state index is 0.0667. The number of piperazine rings is 1. The summed E-state index contributed by atoms with van der Waals surface area (Å²) in [4.78, 5) is 38.0. The van der Waals surface area contributed by atoms with E-state index in [4.69, 9.17) is 4.74 Å². The molecule has 1 saturated heterocycles. The number of rotatable bonds is 7.